The third-order valence-electron chi connectivity index (χ3n) is 4.57. The van der Waals surface area contributed by atoms with Crippen LogP contribution in [-0.2, 0) is 19.7 Å². The molecule has 0 saturated heterocycles. The Bertz CT molecular complexity index is 1040. The summed E-state index contributed by atoms with van der Waals surface area (Å²) >= 11 is 12.2. The number of carboxylic acid groups (broad SMARTS) is 1. The van der Waals surface area contributed by atoms with E-state index in [0.717, 1.165) is 16.7 Å². The standard InChI is InChI=1S/C24H23Cl2NO4.ClH/c1-2-30-23-11-17(14-27-13-16-3-6-18(7-4-16)24(28)29)5-10-22(23)31-15-19-8-9-20(25)12-21(19)26;/h3-12,27H,2,13-15H2,1H3,(H,28,29);1H. The average molecular weight is 497 g/mol. The fourth-order valence-corrected chi connectivity index (χ4v) is 3.42. The third kappa shape index (κ3) is 7.31. The fourth-order valence-electron chi connectivity index (χ4n) is 2.96. The van der Waals surface area contributed by atoms with Crippen molar-refractivity contribution in [2.24, 2.45) is 0 Å². The van der Waals surface area contributed by atoms with E-state index in [9.17, 15) is 4.79 Å². The number of hydrogen-bond acceptors (Lipinski definition) is 4. The molecule has 0 amide bonds. The molecule has 170 valence electrons. The van der Waals surface area contributed by atoms with Gasteiger partial charge in [0.2, 0.25) is 0 Å². The van der Waals surface area contributed by atoms with Gasteiger partial charge in [-0.25, -0.2) is 4.79 Å². The van der Waals surface area contributed by atoms with Gasteiger partial charge in [-0.15, -0.1) is 12.4 Å². The van der Waals surface area contributed by atoms with Gasteiger partial charge < -0.3 is 19.9 Å². The molecule has 0 atom stereocenters. The second-order valence-corrected chi connectivity index (χ2v) is 7.69. The van der Waals surface area contributed by atoms with E-state index in [1.54, 1.807) is 36.4 Å². The first-order valence-corrected chi connectivity index (χ1v) is 10.6. The first kappa shape index (κ1) is 25.8. The lowest BCUT2D eigenvalue weighted by molar-refractivity contribution is 0.0697. The highest BCUT2D eigenvalue weighted by atomic mass is 35.5. The Morgan fingerprint density at radius 1 is 0.906 bits per heavy atom. The number of carbonyl (C=O) groups is 1. The highest BCUT2D eigenvalue weighted by Crippen LogP contribution is 2.30. The minimum Gasteiger partial charge on any atom is -0.490 e. The highest BCUT2D eigenvalue weighted by molar-refractivity contribution is 6.35. The van der Waals surface area contributed by atoms with Gasteiger partial charge in [0.15, 0.2) is 11.5 Å². The molecule has 3 aromatic rings. The monoisotopic (exact) mass is 495 g/mol. The van der Waals surface area contributed by atoms with Crippen molar-refractivity contribution in [1.29, 1.82) is 0 Å². The Morgan fingerprint density at radius 2 is 1.59 bits per heavy atom. The smallest absolute Gasteiger partial charge is 0.335 e. The van der Waals surface area contributed by atoms with Crippen molar-refractivity contribution in [3.05, 3.63) is 93.0 Å². The number of ether oxygens (including phenoxy) is 2. The highest BCUT2D eigenvalue weighted by Gasteiger charge is 2.09. The zero-order chi connectivity index (χ0) is 22.2. The number of nitrogens with one attached hydrogen (secondary N) is 1. The van der Waals surface area contributed by atoms with Crippen molar-refractivity contribution in [3.8, 4) is 11.5 Å². The van der Waals surface area contributed by atoms with E-state index in [1.165, 1.54) is 0 Å². The Labute approximate surface area is 203 Å². The van der Waals surface area contributed by atoms with Crippen LogP contribution in [0.25, 0.3) is 0 Å². The summed E-state index contributed by atoms with van der Waals surface area (Å²) in [6.45, 7) is 4.00. The van der Waals surface area contributed by atoms with Crippen LogP contribution in [0.15, 0.2) is 60.7 Å². The number of hydrogen-bond donors (Lipinski definition) is 2. The maximum absolute atomic E-state index is 10.9. The molecule has 0 aromatic heterocycles. The second kappa shape index (κ2) is 12.6. The molecule has 0 fully saturated rings. The molecule has 8 heteroatoms. The van der Waals surface area contributed by atoms with Gasteiger partial charge in [0.1, 0.15) is 6.61 Å². The molecule has 0 radical (unpaired) electrons. The van der Waals surface area contributed by atoms with Crippen LogP contribution >= 0.6 is 35.6 Å². The van der Waals surface area contributed by atoms with Crippen LogP contribution in [0.1, 0.15) is 34.0 Å². The van der Waals surface area contributed by atoms with Crippen LogP contribution in [0, 0.1) is 0 Å². The van der Waals surface area contributed by atoms with E-state index < -0.39 is 5.97 Å². The number of aromatic carboxylic acids is 1. The Hall–Kier alpha value is -2.44. The summed E-state index contributed by atoms with van der Waals surface area (Å²) in [7, 11) is 0. The van der Waals surface area contributed by atoms with Crippen molar-refractivity contribution in [2.45, 2.75) is 26.6 Å². The number of benzene rings is 3. The molecule has 0 spiro atoms. The Balaban J connectivity index is 0.00000363. The van der Waals surface area contributed by atoms with E-state index >= 15 is 0 Å². The van der Waals surface area contributed by atoms with E-state index in [0.29, 0.717) is 47.8 Å². The van der Waals surface area contributed by atoms with Gasteiger partial charge >= 0.3 is 5.97 Å². The maximum Gasteiger partial charge on any atom is 0.335 e. The van der Waals surface area contributed by atoms with Crippen LogP contribution in [0.4, 0.5) is 0 Å². The number of rotatable bonds is 10. The summed E-state index contributed by atoms with van der Waals surface area (Å²) in [5.41, 5.74) is 3.17. The number of carboxylic acids is 1. The van der Waals surface area contributed by atoms with Crippen molar-refractivity contribution < 1.29 is 19.4 Å². The molecule has 0 unspecified atom stereocenters. The van der Waals surface area contributed by atoms with Gasteiger partial charge in [-0.05, 0) is 54.4 Å². The molecule has 0 aliphatic rings. The van der Waals surface area contributed by atoms with Crippen molar-refractivity contribution in [1.82, 2.24) is 5.32 Å². The van der Waals surface area contributed by atoms with Gasteiger partial charge in [-0.2, -0.15) is 0 Å². The lowest BCUT2D eigenvalue weighted by atomic mass is 10.1. The molecule has 0 aliphatic heterocycles. The summed E-state index contributed by atoms with van der Waals surface area (Å²) in [5, 5.41) is 13.5. The minimum absolute atomic E-state index is 0. The van der Waals surface area contributed by atoms with Crippen molar-refractivity contribution in [2.75, 3.05) is 6.61 Å². The van der Waals surface area contributed by atoms with Gasteiger partial charge in [-0.3, -0.25) is 0 Å². The molecule has 5 nitrogen and oxygen atoms in total. The summed E-state index contributed by atoms with van der Waals surface area (Å²) < 4.78 is 11.7. The normalized spacial score (nSPS) is 10.3. The molecular formula is C24H24Cl3NO4. The largest absolute Gasteiger partial charge is 0.490 e. The lowest BCUT2D eigenvalue weighted by Gasteiger charge is -2.14. The SMILES string of the molecule is CCOc1cc(CNCc2ccc(C(=O)O)cc2)ccc1OCc1ccc(Cl)cc1Cl.Cl. The lowest BCUT2D eigenvalue weighted by Crippen LogP contribution is -2.13. The quantitative estimate of drug-likeness (QED) is 0.341. The zero-order valence-electron chi connectivity index (χ0n) is 17.4. The van der Waals surface area contributed by atoms with Gasteiger partial charge in [0, 0.05) is 28.7 Å². The maximum atomic E-state index is 10.9. The van der Waals surface area contributed by atoms with Crippen LogP contribution < -0.4 is 14.8 Å². The second-order valence-electron chi connectivity index (χ2n) is 6.84. The van der Waals surface area contributed by atoms with Gasteiger partial charge in [0.25, 0.3) is 0 Å². The minimum atomic E-state index is -0.927. The van der Waals surface area contributed by atoms with Crippen molar-refractivity contribution >= 4 is 41.6 Å². The van der Waals surface area contributed by atoms with Gasteiger partial charge in [-0.1, -0.05) is 47.5 Å². The molecule has 0 saturated carbocycles. The molecule has 0 heterocycles. The predicted octanol–water partition coefficient (Wildman–Crippen LogP) is 6.38. The van der Waals surface area contributed by atoms with E-state index in [-0.39, 0.29) is 18.0 Å². The van der Waals surface area contributed by atoms with E-state index in [4.69, 9.17) is 37.8 Å². The molecule has 0 bridgehead atoms. The Morgan fingerprint density at radius 3 is 2.25 bits per heavy atom. The first-order chi connectivity index (χ1) is 15.0. The summed E-state index contributed by atoms with van der Waals surface area (Å²) in [6.07, 6.45) is 0. The third-order valence-corrected chi connectivity index (χ3v) is 5.15. The molecule has 32 heavy (non-hydrogen) atoms. The average Bonchev–Trinajstić information content (AvgIpc) is 2.75. The molecule has 0 aliphatic carbocycles. The van der Waals surface area contributed by atoms with Crippen LogP contribution in [0.3, 0.4) is 0 Å². The summed E-state index contributed by atoms with van der Waals surface area (Å²) in [4.78, 5) is 10.9. The predicted molar refractivity (Wildman–Crippen MR) is 130 cm³/mol. The van der Waals surface area contributed by atoms with Crippen LogP contribution in [0.2, 0.25) is 10.0 Å². The van der Waals surface area contributed by atoms with E-state index in [1.807, 2.05) is 31.2 Å². The molecule has 3 rings (SSSR count). The van der Waals surface area contributed by atoms with Crippen LogP contribution in [0.5, 0.6) is 11.5 Å². The number of halogens is 3. The van der Waals surface area contributed by atoms with E-state index in [2.05, 4.69) is 5.32 Å². The topological polar surface area (TPSA) is 67.8 Å². The van der Waals surface area contributed by atoms with Crippen LogP contribution in [-0.4, -0.2) is 17.7 Å². The molecule has 2 N–H and O–H groups in total. The fraction of sp³-hybridized carbons (Fsp3) is 0.208. The van der Waals surface area contributed by atoms with Crippen molar-refractivity contribution in [3.63, 3.8) is 0 Å². The zero-order valence-corrected chi connectivity index (χ0v) is 19.8. The Kier molecular flexibility index (Phi) is 10.1. The van der Waals surface area contributed by atoms with Gasteiger partial charge in [0.05, 0.1) is 12.2 Å². The summed E-state index contributed by atoms with van der Waals surface area (Å²) in [5.74, 6) is 0.377. The molecule has 3 aromatic carbocycles. The summed E-state index contributed by atoms with van der Waals surface area (Å²) in [6, 6.07) is 17.9. The first-order valence-electron chi connectivity index (χ1n) is 9.81. The molecular weight excluding hydrogens is 473 g/mol.